The van der Waals surface area contributed by atoms with E-state index in [1.165, 1.54) is 12.1 Å². The Morgan fingerprint density at radius 3 is 2.52 bits per heavy atom. The van der Waals surface area contributed by atoms with Gasteiger partial charge in [-0.2, -0.15) is 13.2 Å². The van der Waals surface area contributed by atoms with Crippen LogP contribution < -0.4 is 4.74 Å². The molecule has 0 saturated carbocycles. The topological polar surface area (TPSA) is 72.3 Å². The quantitative estimate of drug-likeness (QED) is 0.851. The first-order valence-corrected chi connectivity index (χ1v) is 5.75. The summed E-state index contributed by atoms with van der Waals surface area (Å²) in [5.74, 6) is -0.247. The molecule has 5 nitrogen and oxygen atoms in total. The second-order valence-corrected chi connectivity index (χ2v) is 4.21. The smallest absolute Gasteiger partial charge is 0.449 e. The van der Waals surface area contributed by atoms with E-state index in [2.05, 4.69) is 14.7 Å². The summed E-state index contributed by atoms with van der Waals surface area (Å²) >= 11 is 5.60. The predicted octanol–water partition coefficient (Wildman–Crippen LogP) is 3.87. The molecule has 110 valence electrons. The van der Waals surface area contributed by atoms with E-state index in [-0.39, 0.29) is 17.1 Å². The Kier molecular flexibility index (Phi) is 3.99. The normalized spacial score (nSPS) is 11.2. The van der Waals surface area contributed by atoms with Crippen LogP contribution in [-0.4, -0.2) is 21.2 Å². The largest absolute Gasteiger partial charge is 0.512 e. The number of benzene rings is 1. The van der Waals surface area contributed by atoms with Crippen LogP contribution in [0.1, 0.15) is 5.56 Å². The molecule has 0 aliphatic heterocycles. The summed E-state index contributed by atoms with van der Waals surface area (Å²) in [6.07, 6.45) is -5.09. The van der Waals surface area contributed by atoms with Crippen LogP contribution in [0.15, 0.2) is 30.6 Å². The highest BCUT2D eigenvalue weighted by atomic mass is 35.5. The van der Waals surface area contributed by atoms with Crippen LogP contribution >= 0.6 is 11.6 Å². The second-order valence-electron chi connectivity index (χ2n) is 3.80. The lowest BCUT2D eigenvalue weighted by Crippen LogP contribution is -2.06. The second kappa shape index (κ2) is 5.57. The van der Waals surface area contributed by atoms with Crippen LogP contribution in [0.5, 0.6) is 5.88 Å². The molecule has 1 heterocycles. The SMILES string of the molecule is O=C(O)Oc1cc(-c2ccc(C(F)(F)F)c(Cl)c2)ncn1. The van der Waals surface area contributed by atoms with Gasteiger partial charge in [0.15, 0.2) is 0 Å². The van der Waals surface area contributed by atoms with E-state index >= 15 is 0 Å². The van der Waals surface area contributed by atoms with Gasteiger partial charge >= 0.3 is 12.3 Å². The number of nitrogens with zero attached hydrogens (tertiary/aromatic N) is 2. The number of carbonyl (C=O) groups is 1. The highest BCUT2D eigenvalue weighted by Crippen LogP contribution is 2.36. The molecule has 0 amide bonds. The number of ether oxygens (including phenoxy) is 1. The average Bonchev–Trinajstić information content (AvgIpc) is 2.36. The molecule has 0 unspecified atom stereocenters. The maximum absolute atomic E-state index is 12.6. The van der Waals surface area contributed by atoms with Crippen LogP contribution in [0.4, 0.5) is 18.0 Å². The molecule has 0 atom stereocenters. The molecule has 0 spiro atoms. The summed E-state index contributed by atoms with van der Waals surface area (Å²) in [5.41, 5.74) is -0.522. The Morgan fingerprint density at radius 1 is 1.24 bits per heavy atom. The molecule has 1 aromatic heterocycles. The third-order valence-corrected chi connectivity index (χ3v) is 2.72. The standard InChI is InChI=1S/C12H6ClF3N2O3/c13-8-3-6(1-2-7(8)12(14,15)16)9-4-10(18-5-17-9)21-11(19)20/h1-5H,(H,19,20). The van der Waals surface area contributed by atoms with Gasteiger partial charge in [-0.15, -0.1) is 0 Å². The van der Waals surface area contributed by atoms with Crippen molar-refractivity contribution in [2.45, 2.75) is 6.18 Å². The highest BCUT2D eigenvalue weighted by molar-refractivity contribution is 6.31. The van der Waals surface area contributed by atoms with E-state index in [4.69, 9.17) is 16.7 Å². The van der Waals surface area contributed by atoms with E-state index in [0.29, 0.717) is 0 Å². The van der Waals surface area contributed by atoms with Crippen molar-refractivity contribution in [1.29, 1.82) is 0 Å². The van der Waals surface area contributed by atoms with Gasteiger partial charge in [-0.25, -0.2) is 14.8 Å². The van der Waals surface area contributed by atoms with Gasteiger partial charge in [0.2, 0.25) is 5.88 Å². The molecule has 0 bridgehead atoms. The van der Waals surface area contributed by atoms with E-state index in [9.17, 15) is 18.0 Å². The maximum atomic E-state index is 12.6. The maximum Gasteiger partial charge on any atom is 0.512 e. The van der Waals surface area contributed by atoms with Crippen LogP contribution in [0, 0.1) is 0 Å². The summed E-state index contributed by atoms with van der Waals surface area (Å²) in [5, 5.41) is 7.98. The summed E-state index contributed by atoms with van der Waals surface area (Å²) in [7, 11) is 0. The summed E-state index contributed by atoms with van der Waals surface area (Å²) in [6, 6.07) is 4.24. The lowest BCUT2D eigenvalue weighted by molar-refractivity contribution is -0.137. The van der Waals surface area contributed by atoms with Crippen molar-refractivity contribution < 1.29 is 27.8 Å². The Bertz CT molecular complexity index is 692. The minimum atomic E-state index is -4.56. The number of halogens is 4. The molecule has 0 saturated heterocycles. The number of rotatable bonds is 2. The van der Waals surface area contributed by atoms with E-state index in [1.54, 1.807) is 0 Å². The zero-order valence-corrected chi connectivity index (χ0v) is 10.8. The van der Waals surface area contributed by atoms with Crippen molar-refractivity contribution in [3.63, 3.8) is 0 Å². The monoisotopic (exact) mass is 318 g/mol. The number of hydrogen-bond acceptors (Lipinski definition) is 4. The summed E-state index contributed by atoms with van der Waals surface area (Å²) in [6.45, 7) is 0. The number of carboxylic acid groups (broad SMARTS) is 1. The minimum absolute atomic E-state index is 0.178. The van der Waals surface area contributed by atoms with Gasteiger partial charge in [0, 0.05) is 11.6 Å². The Hall–Kier alpha value is -2.35. The van der Waals surface area contributed by atoms with E-state index in [1.807, 2.05) is 0 Å². The van der Waals surface area contributed by atoms with Crippen molar-refractivity contribution in [3.05, 3.63) is 41.2 Å². The fraction of sp³-hybridized carbons (Fsp3) is 0.0833. The average molecular weight is 319 g/mol. The third-order valence-electron chi connectivity index (χ3n) is 2.40. The van der Waals surface area contributed by atoms with Crippen LogP contribution in [0.2, 0.25) is 5.02 Å². The van der Waals surface area contributed by atoms with Crippen LogP contribution in [0.25, 0.3) is 11.3 Å². The molecule has 9 heteroatoms. The molecule has 0 radical (unpaired) electrons. The van der Waals surface area contributed by atoms with Gasteiger partial charge in [0.1, 0.15) is 6.33 Å². The molecule has 1 aromatic carbocycles. The van der Waals surface area contributed by atoms with Crippen molar-refractivity contribution >= 4 is 17.8 Å². The number of alkyl halides is 3. The summed E-state index contributed by atoms with van der Waals surface area (Å²) in [4.78, 5) is 17.8. The molecule has 0 aliphatic rings. The van der Waals surface area contributed by atoms with Gasteiger partial charge < -0.3 is 9.84 Å². The van der Waals surface area contributed by atoms with Gasteiger partial charge in [-0.05, 0) is 12.1 Å². The fourth-order valence-corrected chi connectivity index (χ4v) is 1.83. The van der Waals surface area contributed by atoms with Crippen molar-refractivity contribution in [3.8, 4) is 17.1 Å². The fourth-order valence-electron chi connectivity index (χ4n) is 1.55. The van der Waals surface area contributed by atoms with Crippen LogP contribution in [0.3, 0.4) is 0 Å². The third kappa shape index (κ3) is 3.60. The van der Waals surface area contributed by atoms with E-state index < -0.39 is 22.9 Å². The molecule has 0 fully saturated rings. The van der Waals surface area contributed by atoms with Crippen molar-refractivity contribution in [2.24, 2.45) is 0 Å². The molecular weight excluding hydrogens is 313 g/mol. The van der Waals surface area contributed by atoms with Crippen molar-refractivity contribution in [2.75, 3.05) is 0 Å². The van der Waals surface area contributed by atoms with Gasteiger partial charge in [0.05, 0.1) is 16.3 Å². The molecule has 0 aliphatic carbocycles. The molecular formula is C12H6ClF3N2O3. The van der Waals surface area contributed by atoms with E-state index in [0.717, 1.165) is 18.5 Å². The minimum Gasteiger partial charge on any atom is -0.449 e. The van der Waals surface area contributed by atoms with Crippen molar-refractivity contribution in [1.82, 2.24) is 9.97 Å². The lowest BCUT2D eigenvalue weighted by atomic mass is 10.1. The molecule has 2 rings (SSSR count). The zero-order chi connectivity index (χ0) is 15.6. The Labute approximate surface area is 121 Å². The van der Waals surface area contributed by atoms with Gasteiger partial charge in [-0.3, -0.25) is 0 Å². The highest BCUT2D eigenvalue weighted by Gasteiger charge is 2.33. The number of hydrogen-bond donors (Lipinski definition) is 1. The molecule has 2 aromatic rings. The first-order valence-electron chi connectivity index (χ1n) is 5.37. The van der Waals surface area contributed by atoms with Crippen LogP contribution in [-0.2, 0) is 6.18 Å². The van der Waals surface area contributed by atoms with Gasteiger partial charge in [-0.1, -0.05) is 17.7 Å². The Balaban J connectivity index is 2.39. The summed E-state index contributed by atoms with van der Waals surface area (Å²) < 4.78 is 42.1. The van der Waals surface area contributed by atoms with Gasteiger partial charge in [0.25, 0.3) is 0 Å². The first kappa shape index (κ1) is 15.0. The number of aromatic nitrogens is 2. The molecule has 1 N–H and O–H groups in total. The Morgan fingerprint density at radius 2 is 1.95 bits per heavy atom. The predicted molar refractivity (Wildman–Crippen MR) is 66.1 cm³/mol. The first-order chi connectivity index (χ1) is 9.77. The zero-order valence-electron chi connectivity index (χ0n) is 10.1. The lowest BCUT2D eigenvalue weighted by Gasteiger charge is -2.10. The molecule has 21 heavy (non-hydrogen) atoms.